The second-order valence-electron chi connectivity index (χ2n) is 2.69. The van der Waals surface area contributed by atoms with Crippen LogP contribution in [0.5, 0.6) is 0 Å². The molecule has 6 heteroatoms. The SMILES string of the molecule is OC1O[C@H](CCl)[C@@H](O)[C@@H](O)[C@@H]1O. The first-order chi connectivity index (χ1) is 5.57. The monoisotopic (exact) mass is 198 g/mol. The topological polar surface area (TPSA) is 90.2 Å². The highest BCUT2D eigenvalue weighted by Gasteiger charge is 2.42. The predicted octanol–water partition coefficient (Wildman–Crippen LogP) is -1.97. The number of rotatable bonds is 1. The molecule has 0 aromatic carbocycles. The van der Waals surface area contributed by atoms with Gasteiger partial charge in [0.2, 0.25) is 0 Å². The standard InChI is InChI=1S/C6H11ClO5/c7-1-2-3(8)4(9)5(10)6(11)12-2/h2-6,8-11H,1H2/t2-,3-,4-,5+,6?/m1/s1. The highest BCUT2D eigenvalue weighted by Crippen LogP contribution is 2.20. The lowest BCUT2D eigenvalue weighted by molar-refractivity contribution is -0.276. The summed E-state index contributed by atoms with van der Waals surface area (Å²) in [4.78, 5) is 0. The maximum atomic E-state index is 9.20. The minimum atomic E-state index is -1.49. The Labute approximate surface area is 74.2 Å². The molecule has 1 heterocycles. The molecule has 0 saturated carbocycles. The first-order valence-electron chi connectivity index (χ1n) is 3.51. The van der Waals surface area contributed by atoms with Gasteiger partial charge in [0.15, 0.2) is 6.29 Å². The van der Waals surface area contributed by atoms with Gasteiger partial charge in [-0.1, -0.05) is 0 Å². The van der Waals surface area contributed by atoms with Crippen LogP contribution in [0.1, 0.15) is 0 Å². The van der Waals surface area contributed by atoms with E-state index in [0.717, 1.165) is 0 Å². The number of hydrogen-bond donors (Lipinski definition) is 4. The Morgan fingerprint density at radius 2 is 1.58 bits per heavy atom. The van der Waals surface area contributed by atoms with Gasteiger partial charge in [-0.15, -0.1) is 11.6 Å². The molecule has 1 aliphatic rings. The molecule has 1 aliphatic heterocycles. The summed E-state index contributed by atoms with van der Waals surface area (Å²) in [7, 11) is 0. The van der Waals surface area contributed by atoms with Crippen LogP contribution in [0.2, 0.25) is 0 Å². The molecule has 1 fully saturated rings. The van der Waals surface area contributed by atoms with Crippen LogP contribution < -0.4 is 0 Å². The molecule has 1 unspecified atom stereocenters. The van der Waals surface area contributed by atoms with Gasteiger partial charge in [0.25, 0.3) is 0 Å². The molecule has 5 atom stereocenters. The fraction of sp³-hybridized carbons (Fsp3) is 1.00. The molecule has 0 aromatic heterocycles. The second kappa shape index (κ2) is 3.87. The van der Waals surface area contributed by atoms with Gasteiger partial charge in [-0.25, -0.2) is 0 Å². The third kappa shape index (κ3) is 1.71. The summed E-state index contributed by atoms with van der Waals surface area (Å²) in [6.45, 7) is 0. The summed E-state index contributed by atoms with van der Waals surface area (Å²) >= 11 is 5.36. The van der Waals surface area contributed by atoms with Gasteiger partial charge in [-0.3, -0.25) is 0 Å². The number of ether oxygens (including phenoxy) is 1. The maximum Gasteiger partial charge on any atom is 0.184 e. The van der Waals surface area contributed by atoms with Crippen molar-refractivity contribution in [1.82, 2.24) is 0 Å². The number of hydrogen-bond acceptors (Lipinski definition) is 5. The first-order valence-corrected chi connectivity index (χ1v) is 4.05. The Bertz CT molecular complexity index is 150. The molecule has 4 N–H and O–H groups in total. The lowest BCUT2D eigenvalue weighted by Crippen LogP contribution is -2.57. The molecular formula is C6H11ClO5. The van der Waals surface area contributed by atoms with Gasteiger partial charge in [-0.05, 0) is 0 Å². The predicted molar refractivity (Wildman–Crippen MR) is 39.6 cm³/mol. The van der Waals surface area contributed by atoms with E-state index >= 15 is 0 Å². The summed E-state index contributed by atoms with van der Waals surface area (Å²) in [5.74, 6) is -0.0536. The van der Waals surface area contributed by atoms with Crippen molar-refractivity contribution >= 4 is 11.6 Å². The van der Waals surface area contributed by atoms with Crippen LogP contribution in [0.15, 0.2) is 0 Å². The average molecular weight is 199 g/mol. The number of halogens is 1. The largest absolute Gasteiger partial charge is 0.388 e. The molecule has 5 nitrogen and oxygen atoms in total. The fourth-order valence-electron chi connectivity index (χ4n) is 1.06. The molecule has 1 rings (SSSR count). The lowest BCUT2D eigenvalue weighted by Gasteiger charge is -2.37. The Hall–Kier alpha value is 0.0900. The van der Waals surface area contributed by atoms with E-state index < -0.39 is 30.7 Å². The normalized spacial score (nSPS) is 49.2. The molecular weight excluding hydrogens is 188 g/mol. The minimum absolute atomic E-state index is 0.0536. The van der Waals surface area contributed by atoms with E-state index in [2.05, 4.69) is 0 Å². The Balaban J connectivity index is 2.63. The minimum Gasteiger partial charge on any atom is -0.388 e. The molecule has 0 radical (unpaired) electrons. The third-order valence-corrected chi connectivity index (χ3v) is 2.14. The number of aliphatic hydroxyl groups excluding tert-OH is 4. The fourth-order valence-corrected chi connectivity index (χ4v) is 1.31. The average Bonchev–Trinajstić information content (AvgIpc) is 2.08. The van der Waals surface area contributed by atoms with Crippen LogP contribution in [0, 0.1) is 0 Å². The van der Waals surface area contributed by atoms with E-state index in [1.54, 1.807) is 0 Å². The highest BCUT2D eigenvalue weighted by atomic mass is 35.5. The van der Waals surface area contributed by atoms with Gasteiger partial charge in [-0.2, -0.15) is 0 Å². The smallest absolute Gasteiger partial charge is 0.184 e. The van der Waals surface area contributed by atoms with Crippen molar-refractivity contribution in [3.05, 3.63) is 0 Å². The van der Waals surface area contributed by atoms with Crippen LogP contribution >= 0.6 is 11.6 Å². The van der Waals surface area contributed by atoms with Crippen LogP contribution in [-0.2, 0) is 4.74 Å². The van der Waals surface area contributed by atoms with Gasteiger partial charge >= 0.3 is 0 Å². The van der Waals surface area contributed by atoms with Crippen molar-refractivity contribution in [1.29, 1.82) is 0 Å². The number of aliphatic hydroxyl groups is 4. The van der Waals surface area contributed by atoms with E-state index in [-0.39, 0.29) is 5.88 Å². The van der Waals surface area contributed by atoms with Crippen LogP contribution in [0.25, 0.3) is 0 Å². The maximum absolute atomic E-state index is 9.20. The second-order valence-corrected chi connectivity index (χ2v) is 3.00. The Kier molecular flexibility index (Phi) is 3.28. The van der Waals surface area contributed by atoms with Crippen molar-refractivity contribution < 1.29 is 25.2 Å². The molecule has 0 bridgehead atoms. The summed E-state index contributed by atoms with van der Waals surface area (Å²) in [5, 5.41) is 36.3. The van der Waals surface area contributed by atoms with Crippen LogP contribution in [0.4, 0.5) is 0 Å². The van der Waals surface area contributed by atoms with Gasteiger partial charge in [0.05, 0.1) is 5.88 Å². The zero-order chi connectivity index (χ0) is 9.30. The summed E-state index contributed by atoms with van der Waals surface area (Å²) in [6.07, 6.45) is -6.51. The molecule has 72 valence electrons. The van der Waals surface area contributed by atoms with Crippen molar-refractivity contribution in [2.24, 2.45) is 0 Å². The van der Waals surface area contributed by atoms with Crippen LogP contribution in [-0.4, -0.2) is 57.0 Å². The van der Waals surface area contributed by atoms with Gasteiger partial charge < -0.3 is 25.2 Å². The number of alkyl halides is 1. The Morgan fingerprint density at radius 1 is 1.00 bits per heavy atom. The molecule has 0 aliphatic carbocycles. The van der Waals surface area contributed by atoms with Crippen molar-refractivity contribution in [3.8, 4) is 0 Å². The Morgan fingerprint density at radius 3 is 2.08 bits per heavy atom. The van der Waals surface area contributed by atoms with Crippen molar-refractivity contribution in [2.45, 2.75) is 30.7 Å². The van der Waals surface area contributed by atoms with Gasteiger partial charge in [0, 0.05) is 0 Å². The molecule has 0 aromatic rings. The highest BCUT2D eigenvalue weighted by molar-refractivity contribution is 6.18. The molecule has 0 spiro atoms. The quantitative estimate of drug-likeness (QED) is 0.367. The molecule has 1 saturated heterocycles. The van der Waals surface area contributed by atoms with E-state index in [1.807, 2.05) is 0 Å². The summed E-state index contributed by atoms with van der Waals surface area (Å²) < 4.78 is 4.69. The van der Waals surface area contributed by atoms with E-state index in [1.165, 1.54) is 0 Å². The van der Waals surface area contributed by atoms with Gasteiger partial charge in [0.1, 0.15) is 24.4 Å². The molecule has 0 amide bonds. The van der Waals surface area contributed by atoms with E-state index in [0.29, 0.717) is 0 Å². The van der Waals surface area contributed by atoms with Crippen LogP contribution in [0.3, 0.4) is 0 Å². The summed E-state index contributed by atoms with van der Waals surface area (Å²) in [6, 6.07) is 0. The van der Waals surface area contributed by atoms with Crippen molar-refractivity contribution in [3.63, 3.8) is 0 Å². The van der Waals surface area contributed by atoms with E-state index in [4.69, 9.17) is 31.7 Å². The molecule has 12 heavy (non-hydrogen) atoms. The summed E-state index contributed by atoms with van der Waals surface area (Å²) in [5.41, 5.74) is 0. The first kappa shape index (κ1) is 10.2. The zero-order valence-electron chi connectivity index (χ0n) is 6.17. The third-order valence-electron chi connectivity index (χ3n) is 1.84. The van der Waals surface area contributed by atoms with Crippen molar-refractivity contribution in [2.75, 3.05) is 5.88 Å². The van der Waals surface area contributed by atoms with E-state index in [9.17, 15) is 5.11 Å². The zero-order valence-corrected chi connectivity index (χ0v) is 6.92. The lowest BCUT2D eigenvalue weighted by atomic mass is 10.0.